The molecule has 0 aliphatic heterocycles. The van der Waals surface area contributed by atoms with Crippen molar-refractivity contribution in [1.29, 1.82) is 0 Å². The van der Waals surface area contributed by atoms with Crippen molar-refractivity contribution < 1.29 is 9.90 Å². The van der Waals surface area contributed by atoms with E-state index < -0.39 is 11.5 Å². The van der Waals surface area contributed by atoms with Gasteiger partial charge in [0.2, 0.25) is 0 Å². The van der Waals surface area contributed by atoms with Gasteiger partial charge in [0, 0.05) is 6.54 Å². The maximum absolute atomic E-state index is 10.8. The molecule has 0 aromatic heterocycles. The number of carboxylic acids is 1. The Labute approximate surface area is 94.9 Å². The Morgan fingerprint density at radius 3 is 2.40 bits per heavy atom. The van der Waals surface area contributed by atoms with E-state index in [1.54, 1.807) is 0 Å². The van der Waals surface area contributed by atoms with Gasteiger partial charge in [-0.15, -0.1) is 12.4 Å². The monoisotopic (exact) mass is 227 g/mol. The van der Waals surface area contributed by atoms with Gasteiger partial charge in [-0.05, 0) is 18.4 Å². The Morgan fingerprint density at radius 2 is 1.93 bits per heavy atom. The molecule has 1 fully saturated rings. The Morgan fingerprint density at radius 1 is 1.33 bits per heavy atom. The maximum Gasteiger partial charge on any atom is 0.323 e. The lowest BCUT2D eigenvalue weighted by Gasteiger charge is -2.11. The average molecular weight is 228 g/mol. The number of hydrogen-bond donors (Lipinski definition) is 2. The molecule has 1 aromatic carbocycles. The Bertz CT molecular complexity index is 336. The van der Waals surface area contributed by atoms with E-state index in [4.69, 9.17) is 5.11 Å². The molecular weight excluding hydrogens is 214 g/mol. The van der Waals surface area contributed by atoms with Crippen LogP contribution in [0.3, 0.4) is 0 Å². The van der Waals surface area contributed by atoms with Crippen molar-refractivity contribution in [3.63, 3.8) is 0 Å². The summed E-state index contributed by atoms with van der Waals surface area (Å²) in [6.45, 7) is 0.632. The lowest BCUT2D eigenvalue weighted by molar-refractivity contribution is -0.140. The van der Waals surface area contributed by atoms with Crippen LogP contribution >= 0.6 is 12.4 Å². The predicted octanol–water partition coefficient (Wildman–Crippen LogP) is 1.82. The molecule has 1 saturated carbocycles. The third-order valence-corrected chi connectivity index (χ3v) is 2.63. The van der Waals surface area contributed by atoms with Gasteiger partial charge in [0.05, 0.1) is 0 Å². The molecule has 0 heterocycles. The van der Waals surface area contributed by atoms with Crippen molar-refractivity contribution in [3.05, 3.63) is 35.9 Å². The minimum absolute atomic E-state index is 0. The predicted molar refractivity (Wildman–Crippen MR) is 60.1 cm³/mol. The molecule has 0 atom stereocenters. The number of hydrogen-bond acceptors (Lipinski definition) is 2. The molecule has 15 heavy (non-hydrogen) atoms. The highest BCUT2D eigenvalue weighted by Gasteiger charge is 2.49. The molecule has 0 saturated heterocycles. The second kappa shape index (κ2) is 4.64. The Balaban J connectivity index is 0.00000112. The van der Waals surface area contributed by atoms with Gasteiger partial charge in [-0.1, -0.05) is 30.3 Å². The van der Waals surface area contributed by atoms with Gasteiger partial charge in [0.25, 0.3) is 0 Å². The van der Waals surface area contributed by atoms with Gasteiger partial charge in [0.15, 0.2) is 0 Å². The zero-order valence-corrected chi connectivity index (χ0v) is 9.09. The fourth-order valence-corrected chi connectivity index (χ4v) is 1.46. The second-order valence-electron chi connectivity index (χ2n) is 3.73. The number of carbonyl (C=O) groups is 1. The van der Waals surface area contributed by atoms with Crippen LogP contribution in [0, 0.1) is 0 Å². The highest BCUT2D eigenvalue weighted by atomic mass is 35.5. The van der Waals surface area contributed by atoms with E-state index in [1.165, 1.54) is 0 Å². The molecule has 0 spiro atoms. The van der Waals surface area contributed by atoms with Crippen LogP contribution in [0.25, 0.3) is 0 Å². The summed E-state index contributed by atoms with van der Waals surface area (Å²) in [5.41, 5.74) is 0.496. The van der Waals surface area contributed by atoms with E-state index in [1.807, 2.05) is 30.3 Å². The number of rotatable bonds is 4. The molecule has 0 amide bonds. The Hall–Kier alpha value is -1.06. The third-order valence-electron chi connectivity index (χ3n) is 2.63. The molecule has 4 heteroatoms. The molecule has 2 N–H and O–H groups in total. The summed E-state index contributed by atoms with van der Waals surface area (Å²) in [7, 11) is 0. The van der Waals surface area contributed by atoms with Crippen LogP contribution in [0.4, 0.5) is 0 Å². The first-order valence-corrected chi connectivity index (χ1v) is 4.75. The third kappa shape index (κ3) is 2.70. The second-order valence-corrected chi connectivity index (χ2v) is 3.73. The first-order valence-electron chi connectivity index (χ1n) is 4.75. The van der Waals surface area contributed by atoms with E-state index in [9.17, 15) is 4.79 Å². The van der Waals surface area contributed by atoms with Crippen molar-refractivity contribution in [3.8, 4) is 0 Å². The highest BCUT2D eigenvalue weighted by molar-refractivity contribution is 5.85. The van der Waals surface area contributed by atoms with Crippen LogP contribution in [0.15, 0.2) is 30.3 Å². The van der Waals surface area contributed by atoms with Crippen LogP contribution in [-0.2, 0) is 11.3 Å². The van der Waals surface area contributed by atoms with Gasteiger partial charge >= 0.3 is 5.97 Å². The fourth-order valence-electron chi connectivity index (χ4n) is 1.46. The number of nitrogens with one attached hydrogen (secondary N) is 1. The van der Waals surface area contributed by atoms with Crippen molar-refractivity contribution in [2.24, 2.45) is 0 Å². The van der Waals surface area contributed by atoms with Crippen LogP contribution in [0.5, 0.6) is 0 Å². The molecule has 0 unspecified atom stereocenters. The summed E-state index contributed by atoms with van der Waals surface area (Å²) in [6, 6.07) is 9.85. The van der Waals surface area contributed by atoms with Crippen molar-refractivity contribution in [1.82, 2.24) is 5.32 Å². The largest absolute Gasteiger partial charge is 0.480 e. The molecule has 0 bridgehead atoms. The molecule has 1 aliphatic rings. The molecule has 3 nitrogen and oxygen atoms in total. The number of benzene rings is 1. The Kier molecular flexibility index (Phi) is 3.72. The van der Waals surface area contributed by atoms with Crippen LogP contribution in [0.2, 0.25) is 0 Å². The van der Waals surface area contributed by atoms with Gasteiger partial charge in [-0.3, -0.25) is 10.1 Å². The molecular formula is C11H14ClNO2. The van der Waals surface area contributed by atoms with Gasteiger partial charge in [-0.2, -0.15) is 0 Å². The fraction of sp³-hybridized carbons (Fsp3) is 0.364. The minimum atomic E-state index is -0.728. The number of carboxylic acid groups (broad SMARTS) is 1. The van der Waals surface area contributed by atoms with E-state index in [0.717, 1.165) is 18.4 Å². The summed E-state index contributed by atoms with van der Waals surface area (Å²) < 4.78 is 0. The standard InChI is InChI=1S/C11H13NO2.ClH/c13-10(14)11(6-7-11)12-8-9-4-2-1-3-5-9;/h1-5,12H,6-8H2,(H,13,14);1H. The smallest absolute Gasteiger partial charge is 0.323 e. The van der Waals surface area contributed by atoms with Crippen molar-refractivity contribution >= 4 is 18.4 Å². The normalized spacial score (nSPS) is 16.5. The molecule has 0 radical (unpaired) electrons. The topological polar surface area (TPSA) is 49.3 Å². The zero-order chi connectivity index (χ0) is 10.0. The minimum Gasteiger partial charge on any atom is -0.480 e. The van der Waals surface area contributed by atoms with Crippen molar-refractivity contribution in [2.45, 2.75) is 24.9 Å². The van der Waals surface area contributed by atoms with Crippen LogP contribution in [0.1, 0.15) is 18.4 Å². The highest BCUT2D eigenvalue weighted by Crippen LogP contribution is 2.35. The van der Waals surface area contributed by atoms with Crippen molar-refractivity contribution in [2.75, 3.05) is 0 Å². The summed E-state index contributed by atoms with van der Waals surface area (Å²) >= 11 is 0. The SMILES string of the molecule is Cl.O=C(O)C1(NCc2ccccc2)CC1. The summed E-state index contributed by atoms with van der Waals surface area (Å²) in [5, 5.41) is 12.0. The summed E-state index contributed by atoms with van der Waals surface area (Å²) in [4.78, 5) is 10.8. The molecule has 1 aliphatic carbocycles. The quantitative estimate of drug-likeness (QED) is 0.825. The van der Waals surface area contributed by atoms with E-state index in [-0.39, 0.29) is 12.4 Å². The molecule has 82 valence electrons. The molecule has 2 rings (SSSR count). The number of halogens is 1. The lowest BCUT2D eigenvalue weighted by Crippen LogP contribution is -2.38. The maximum atomic E-state index is 10.8. The van der Waals surface area contributed by atoms with Crippen LogP contribution < -0.4 is 5.32 Å². The lowest BCUT2D eigenvalue weighted by atomic mass is 10.2. The van der Waals surface area contributed by atoms with E-state index in [2.05, 4.69) is 5.32 Å². The van der Waals surface area contributed by atoms with E-state index >= 15 is 0 Å². The summed E-state index contributed by atoms with van der Waals surface area (Å²) in [6.07, 6.45) is 1.49. The van der Waals surface area contributed by atoms with Crippen LogP contribution in [-0.4, -0.2) is 16.6 Å². The van der Waals surface area contributed by atoms with Gasteiger partial charge in [-0.25, -0.2) is 0 Å². The number of aliphatic carboxylic acids is 1. The van der Waals surface area contributed by atoms with Gasteiger partial charge < -0.3 is 5.11 Å². The average Bonchev–Trinajstić information content (AvgIpc) is 2.97. The first-order chi connectivity index (χ1) is 6.73. The first kappa shape index (κ1) is 12.0. The summed E-state index contributed by atoms with van der Waals surface area (Å²) in [5.74, 6) is -0.728. The van der Waals surface area contributed by atoms with E-state index in [0.29, 0.717) is 6.54 Å². The van der Waals surface area contributed by atoms with Gasteiger partial charge in [0.1, 0.15) is 5.54 Å². The zero-order valence-electron chi connectivity index (χ0n) is 8.27. The molecule has 1 aromatic rings.